The van der Waals surface area contributed by atoms with E-state index in [9.17, 15) is 4.79 Å². The third kappa shape index (κ3) is 2.50. The maximum atomic E-state index is 12.7. The highest BCUT2D eigenvalue weighted by molar-refractivity contribution is 5.99. The molecule has 1 aromatic carbocycles. The van der Waals surface area contributed by atoms with Gasteiger partial charge < -0.3 is 0 Å². The van der Waals surface area contributed by atoms with Crippen LogP contribution in [0.15, 0.2) is 18.2 Å². The van der Waals surface area contributed by atoms with E-state index in [1.807, 2.05) is 12.1 Å². The molecule has 0 aromatic heterocycles. The first kappa shape index (κ1) is 13.3. The zero-order valence-electron chi connectivity index (χ0n) is 11.8. The van der Waals surface area contributed by atoms with Crippen molar-refractivity contribution in [3.05, 3.63) is 34.9 Å². The number of carbonyl (C=O) groups excluding carboxylic acids is 1. The number of carbonyl (C=O) groups is 1. The summed E-state index contributed by atoms with van der Waals surface area (Å²) in [7, 11) is 0. The Balaban J connectivity index is 2.27. The molecule has 0 heterocycles. The highest BCUT2D eigenvalue weighted by Crippen LogP contribution is 2.35. The van der Waals surface area contributed by atoms with Crippen molar-refractivity contribution >= 4 is 5.78 Å². The van der Waals surface area contributed by atoms with Crippen LogP contribution in [0.25, 0.3) is 0 Å². The molecule has 1 aliphatic carbocycles. The van der Waals surface area contributed by atoms with Crippen molar-refractivity contribution in [2.75, 3.05) is 0 Å². The van der Waals surface area contributed by atoms with Gasteiger partial charge in [0, 0.05) is 11.5 Å². The van der Waals surface area contributed by atoms with E-state index in [-0.39, 0.29) is 5.92 Å². The van der Waals surface area contributed by atoms with Gasteiger partial charge in [0.1, 0.15) is 0 Å². The van der Waals surface area contributed by atoms with Crippen molar-refractivity contribution in [2.45, 2.75) is 52.9 Å². The molecule has 0 spiro atoms. The smallest absolute Gasteiger partial charge is 0.166 e. The van der Waals surface area contributed by atoms with Crippen LogP contribution in [0.3, 0.4) is 0 Å². The lowest BCUT2D eigenvalue weighted by molar-refractivity contribution is 0.0819. The minimum atomic E-state index is 0.268. The second-order valence-corrected chi connectivity index (χ2v) is 5.67. The van der Waals surface area contributed by atoms with Crippen LogP contribution in [0, 0.1) is 25.7 Å². The first-order chi connectivity index (χ1) is 8.65. The van der Waals surface area contributed by atoms with Crippen molar-refractivity contribution in [1.29, 1.82) is 0 Å². The molecule has 18 heavy (non-hydrogen) atoms. The predicted octanol–water partition coefficient (Wildman–Crippen LogP) is 4.70. The monoisotopic (exact) mass is 244 g/mol. The summed E-state index contributed by atoms with van der Waals surface area (Å²) in [6.45, 7) is 6.38. The molecule has 2 unspecified atom stereocenters. The SMILES string of the molecule is CCC1CCCCC1C(=O)c1cccc(C)c1C. The van der Waals surface area contributed by atoms with Crippen molar-refractivity contribution in [1.82, 2.24) is 0 Å². The highest BCUT2D eigenvalue weighted by atomic mass is 16.1. The van der Waals surface area contributed by atoms with E-state index in [2.05, 4.69) is 26.8 Å². The summed E-state index contributed by atoms with van der Waals surface area (Å²) in [4.78, 5) is 12.7. The van der Waals surface area contributed by atoms with E-state index in [4.69, 9.17) is 0 Å². The lowest BCUT2D eigenvalue weighted by atomic mass is 9.73. The maximum Gasteiger partial charge on any atom is 0.166 e. The fourth-order valence-electron chi connectivity index (χ4n) is 3.26. The van der Waals surface area contributed by atoms with Gasteiger partial charge in [0.15, 0.2) is 5.78 Å². The van der Waals surface area contributed by atoms with Crippen molar-refractivity contribution in [3.8, 4) is 0 Å². The van der Waals surface area contributed by atoms with E-state index in [1.165, 1.54) is 30.4 Å². The molecule has 1 nitrogen and oxygen atoms in total. The summed E-state index contributed by atoms with van der Waals surface area (Å²) in [5.74, 6) is 1.26. The largest absolute Gasteiger partial charge is 0.294 e. The molecule has 0 saturated heterocycles. The molecular weight excluding hydrogens is 220 g/mol. The van der Waals surface area contributed by atoms with Crippen LogP contribution in [0.5, 0.6) is 0 Å². The Morgan fingerprint density at radius 3 is 2.67 bits per heavy atom. The molecule has 2 rings (SSSR count). The van der Waals surface area contributed by atoms with Gasteiger partial charge in [-0.25, -0.2) is 0 Å². The Morgan fingerprint density at radius 1 is 1.22 bits per heavy atom. The second-order valence-electron chi connectivity index (χ2n) is 5.67. The molecule has 1 heteroatoms. The van der Waals surface area contributed by atoms with Gasteiger partial charge in [-0.15, -0.1) is 0 Å². The van der Waals surface area contributed by atoms with Gasteiger partial charge in [0.25, 0.3) is 0 Å². The zero-order valence-corrected chi connectivity index (χ0v) is 11.8. The molecule has 1 aromatic rings. The molecule has 1 aliphatic rings. The Morgan fingerprint density at radius 2 is 1.94 bits per heavy atom. The number of aryl methyl sites for hydroxylation is 1. The van der Waals surface area contributed by atoms with E-state index >= 15 is 0 Å². The van der Waals surface area contributed by atoms with E-state index < -0.39 is 0 Å². The zero-order chi connectivity index (χ0) is 13.1. The van der Waals surface area contributed by atoms with Crippen LogP contribution >= 0.6 is 0 Å². The van der Waals surface area contributed by atoms with Crippen molar-refractivity contribution < 1.29 is 4.79 Å². The summed E-state index contributed by atoms with van der Waals surface area (Å²) >= 11 is 0. The quantitative estimate of drug-likeness (QED) is 0.704. The Labute approximate surface area is 111 Å². The molecule has 0 aliphatic heterocycles. The van der Waals surface area contributed by atoms with E-state index in [0.717, 1.165) is 18.4 Å². The van der Waals surface area contributed by atoms with Gasteiger partial charge in [0.05, 0.1) is 0 Å². The van der Waals surface area contributed by atoms with Crippen LogP contribution < -0.4 is 0 Å². The first-order valence-corrected chi connectivity index (χ1v) is 7.25. The molecule has 0 radical (unpaired) electrons. The summed E-state index contributed by atoms with van der Waals surface area (Å²) < 4.78 is 0. The summed E-state index contributed by atoms with van der Waals surface area (Å²) in [6, 6.07) is 6.11. The normalized spacial score (nSPS) is 23.9. The minimum Gasteiger partial charge on any atom is -0.294 e. The second kappa shape index (κ2) is 5.69. The lowest BCUT2D eigenvalue weighted by Crippen LogP contribution is -2.27. The Bertz CT molecular complexity index is 433. The molecule has 1 saturated carbocycles. The van der Waals surface area contributed by atoms with Gasteiger partial charge in [-0.05, 0) is 43.7 Å². The van der Waals surface area contributed by atoms with Gasteiger partial charge in [0.2, 0.25) is 0 Å². The molecule has 2 atom stereocenters. The highest BCUT2D eigenvalue weighted by Gasteiger charge is 2.30. The predicted molar refractivity (Wildman–Crippen MR) is 76.0 cm³/mol. The topological polar surface area (TPSA) is 17.1 Å². The number of rotatable bonds is 3. The minimum absolute atomic E-state index is 0.268. The fraction of sp³-hybridized carbons (Fsp3) is 0.588. The van der Waals surface area contributed by atoms with Crippen LogP contribution in [0.1, 0.15) is 60.5 Å². The number of hydrogen-bond donors (Lipinski definition) is 0. The Hall–Kier alpha value is -1.11. The molecule has 0 amide bonds. The van der Waals surface area contributed by atoms with Crippen LogP contribution in [0.2, 0.25) is 0 Å². The molecule has 98 valence electrons. The molecule has 0 bridgehead atoms. The first-order valence-electron chi connectivity index (χ1n) is 7.25. The lowest BCUT2D eigenvalue weighted by Gasteiger charge is -2.30. The standard InChI is InChI=1S/C17H24O/c1-4-14-9-5-6-10-16(14)17(18)15-11-7-8-12(2)13(15)3/h7-8,11,14,16H,4-6,9-10H2,1-3H3. The molecule has 1 fully saturated rings. The summed E-state index contributed by atoms with van der Waals surface area (Å²) in [5, 5.41) is 0. The maximum absolute atomic E-state index is 12.7. The number of Topliss-reactive ketones (excluding diaryl/α,β-unsaturated/α-hetero) is 1. The number of benzene rings is 1. The van der Waals surface area contributed by atoms with Crippen molar-refractivity contribution in [2.24, 2.45) is 11.8 Å². The van der Waals surface area contributed by atoms with Crippen molar-refractivity contribution in [3.63, 3.8) is 0 Å². The molecule has 0 N–H and O–H groups in total. The van der Waals surface area contributed by atoms with Gasteiger partial charge in [-0.2, -0.15) is 0 Å². The third-order valence-electron chi connectivity index (χ3n) is 4.64. The average molecular weight is 244 g/mol. The summed E-state index contributed by atoms with van der Waals surface area (Å²) in [5.41, 5.74) is 3.35. The van der Waals surface area contributed by atoms with E-state index in [0.29, 0.717) is 11.7 Å². The van der Waals surface area contributed by atoms with Gasteiger partial charge in [-0.1, -0.05) is 44.4 Å². The van der Waals surface area contributed by atoms with Gasteiger partial charge >= 0.3 is 0 Å². The third-order valence-corrected chi connectivity index (χ3v) is 4.64. The summed E-state index contributed by atoms with van der Waals surface area (Å²) in [6.07, 6.45) is 5.98. The van der Waals surface area contributed by atoms with E-state index in [1.54, 1.807) is 0 Å². The average Bonchev–Trinajstić information content (AvgIpc) is 2.41. The van der Waals surface area contributed by atoms with Crippen LogP contribution in [0.4, 0.5) is 0 Å². The van der Waals surface area contributed by atoms with Crippen LogP contribution in [-0.4, -0.2) is 5.78 Å². The number of ketones is 1. The Kier molecular flexibility index (Phi) is 4.21. The molecular formula is C17H24O. The number of hydrogen-bond acceptors (Lipinski definition) is 1. The van der Waals surface area contributed by atoms with Crippen LogP contribution in [-0.2, 0) is 0 Å². The fourth-order valence-corrected chi connectivity index (χ4v) is 3.26. The van der Waals surface area contributed by atoms with Gasteiger partial charge in [-0.3, -0.25) is 4.79 Å².